The van der Waals surface area contributed by atoms with Crippen LogP contribution in [0.2, 0.25) is 0 Å². The number of oxazole rings is 1. The van der Waals surface area contributed by atoms with Crippen molar-refractivity contribution in [3.8, 4) is 0 Å². The summed E-state index contributed by atoms with van der Waals surface area (Å²) in [4.78, 5) is 17.9. The maximum Gasteiger partial charge on any atom is 0.338 e. The van der Waals surface area contributed by atoms with Crippen molar-refractivity contribution in [2.75, 3.05) is 24.7 Å². The largest absolute Gasteiger partial charge is 0.478 e. The number of carboxylic acids is 1. The Bertz CT molecular complexity index is 680. The van der Waals surface area contributed by atoms with Crippen molar-refractivity contribution in [2.24, 2.45) is 0 Å². The van der Waals surface area contributed by atoms with Crippen LogP contribution in [0.1, 0.15) is 29.3 Å². The molecule has 0 bridgehead atoms. The molecule has 3 rings (SSSR count). The van der Waals surface area contributed by atoms with Gasteiger partial charge in [-0.15, -0.1) is 0 Å². The summed E-state index contributed by atoms with van der Waals surface area (Å²) < 4.78 is 11.3. The Morgan fingerprint density at radius 3 is 3.05 bits per heavy atom. The molecule has 0 saturated carbocycles. The maximum absolute atomic E-state index is 11.4. The number of aromatic carboxylic acids is 1. The standard InChI is InChI=1S/C15H18N2O4/c1-3-10-8-20-7-6-17(10)15-16-13-11(21-15)5-4-9(2)12(13)14(18)19/h4-5,10H,3,6-8H2,1-2H3,(H,18,19)/t10-/m0/s1. The summed E-state index contributed by atoms with van der Waals surface area (Å²) in [5.41, 5.74) is 1.82. The highest BCUT2D eigenvalue weighted by molar-refractivity contribution is 6.02. The van der Waals surface area contributed by atoms with Crippen LogP contribution >= 0.6 is 0 Å². The van der Waals surface area contributed by atoms with Crippen LogP contribution in [0.4, 0.5) is 6.01 Å². The molecule has 1 aliphatic rings. The molecule has 2 heterocycles. The summed E-state index contributed by atoms with van der Waals surface area (Å²) in [5, 5.41) is 9.37. The van der Waals surface area contributed by atoms with Gasteiger partial charge in [0.05, 0.1) is 24.8 Å². The smallest absolute Gasteiger partial charge is 0.338 e. The number of morpholine rings is 1. The second-order valence-corrected chi connectivity index (χ2v) is 5.24. The molecule has 1 aliphatic heterocycles. The first-order valence-corrected chi connectivity index (χ1v) is 7.09. The molecule has 1 aromatic carbocycles. The van der Waals surface area contributed by atoms with Gasteiger partial charge < -0.3 is 19.2 Å². The van der Waals surface area contributed by atoms with E-state index in [-0.39, 0.29) is 11.6 Å². The Balaban J connectivity index is 2.08. The predicted octanol–water partition coefficient (Wildman–Crippen LogP) is 2.45. The average molecular weight is 290 g/mol. The topological polar surface area (TPSA) is 75.8 Å². The number of benzene rings is 1. The third kappa shape index (κ3) is 2.35. The first-order chi connectivity index (χ1) is 10.1. The van der Waals surface area contributed by atoms with Crippen molar-refractivity contribution < 1.29 is 19.1 Å². The average Bonchev–Trinajstić information content (AvgIpc) is 2.90. The second-order valence-electron chi connectivity index (χ2n) is 5.24. The van der Waals surface area contributed by atoms with E-state index in [0.29, 0.717) is 42.4 Å². The van der Waals surface area contributed by atoms with Gasteiger partial charge in [-0.2, -0.15) is 4.98 Å². The summed E-state index contributed by atoms with van der Waals surface area (Å²) in [5.74, 6) is -0.980. The Morgan fingerprint density at radius 1 is 1.52 bits per heavy atom. The Kier molecular flexibility index (Phi) is 3.55. The number of rotatable bonds is 3. The van der Waals surface area contributed by atoms with Crippen LogP contribution in [0, 0.1) is 6.92 Å². The van der Waals surface area contributed by atoms with Gasteiger partial charge >= 0.3 is 5.97 Å². The Labute approximate surface area is 122 Å². The zero-order valence-electron chi connectivity index (χ0n) is 12.1. The van der Waals surface area contributed by atoms with Gasteiger partial charge in [-0.3, -0.25) is 0 Å². The molecular weight excluding hydrogens is 272 g/mol. The fraction of sp³-hybridized carbons (Fsp3) is 0.467. The Morgan fingerprint density at radius 2 is 2.33 bits per heavy atom. The molecule has 0 unspecified atom stereocenters. The minimum absolute atomic E-state index is 0.209. The summed E-state index contributed by atoms with van der Waals surface area (Å²) in [6.45, 7) is 5.81. The van der Waals surface area contributed by atoms with Crippen molar-refractivity contribution >= 4 is 23.1 Å². The van der Waals surface area contributed by atoms with E-state index in [1.54, 1.807) is 19.1 Å². The monoisotopic (exact) mass is 290 g/mol. The van der Waals surface area contributed by atoms with Crippen molar-refractivity contribution in [1.82, 2.24) is 4.98 Å². The van der Waals surface area contributed by atoms with Gasteiger partial charge in [0.25, 0.3) is 6.01 Å². The zero-order chi connectivity index (χ0) is 15.0. The van der Waals surface area contributed by atoms with Crippen LogP contribution in [0.5, 0.6) is 0 Å². The minimum Gasteiger partial charge on any atom is -0.478 e. The highest BCUT2D eigenvalue weighted by atomic mass is 16.5. The van der Waals surface area contributed by atoms with Gasteiger partial charge in [0, 0.05) is 6.54 Å². The number of hydrogen-bond donors (Lipinski definition) is 1. The number of aryl methyl sites for hydroxylation is 1. The fourth-order valence-electron chi connectivity index (χ4n) is 2.72. The van der Waals surface area contributed by atoms with Crippen LogP contribution in [-0.4, -0.2) is 41.9 Å². The number of ether oxygens (including phenoxy) is 1. The molecule has 1 atom stereocenters. The van der Waals surface area contributed by atoms with E-state index in [4.69, 9.17) is 9.15 Å². The summed E-state index contributed by atoms with van der Waals surface area (Å²) in [7, 11) is 0. The van der Waals surface area contributed by atoms with Gasteiger partial charge in [0.1, 0.15) is 5.52 Å². The van der Waals surface area contributed by atoms with E-state index in [0.717, 1.165) is 6.42 Å². The van der Waals surface area contributed by atoms with Gasteiger partial charge in [0.2, 0.25) is 0 Å². The predicted molar refractivity (Wildman–Crippen MR) is 77.9 cm³/mol. The lowest BCUT2D eigenvalue weighted by Crippen LogP contribution is -2.45. The van der Waals surface area contributed by atoms with E-state index < -0.39 is 5.97 Å². The van der Waals surface area contributed by atoms with E-state index in [1.807, 2.05) is 0 Å². The lowest BCUT2D eigenvalue weighted by atomic mass is 10.1. The number of nitrogens with zero attached hydrogens (tertiary/aromatic N) is 2. The molecule has 2 aromatic rings. The highest BCUT2D eigenvalue weighted by Crippen LogP contribution is 2.29. The number of anilines is 1. The molecule has 0 amide bonds. The number of fused-ring (bicyclic) bond motifs is 1. The van der Waals surface area contributed by atoms with E-state index in [2.05, 4.69) is 16.8 Å². The number of carbonyl (C=O) groups is 1. The van der Waals surface area contributed by atoms with Crippen LogP contribution in [0.3, 0.4) is 0 Å². The molecule has 0 spiro atoms. The van der Waals surface area contributed by atoms with Crippen molar-refractivity contribution in [1.29, 1.82) is 0 Å². The van der Waals surface area contributed by atoms with Gasteiger partial charge in [-0.25, -0.2) is 4.79 Å². The molecule has 21 heavy (non-hydrogen) atoms. The molecule has 1 saturated heterocycles. The second kappa shape index (κ2) is 5.37. The molecular formula is C15H18N2O4. The summed E-state index contributed by atoms with van der Waals surface area (Å²) in [6, 6.07) is 4.21. The third-order valence-corrected chi connectivity index (χ3v) is 3.92. The van der Waals surface area contributed by atoms with Gasteiger partial charge in [-0.1, -0.05) is 13.0 Å². The summed E-state index contributed by atoms with van der Waals surface area (Å²) in [6.07, 6.45) is 0.920. The first kappa shape index (κ1) is 13.9. The molecule has 1 fully saturated rings. The molecule has 1 aromatic heterocycles. The quantitative estimate of drug-likeness (QED) is 0.935. The fourth-order valence-corrected chi connectivity index (χ4v) is 2.72. The minimum atomic E-state index is -0.980. The Hall–Kier alpha value is -2.08. The third-order valence-electron chi connectivity index (χ3n) is 3.92. The zero-order valence-corrected chi connectivity index (χ0v) is 12.1. The van der Waals surface area contributed by atoms with E-state index >= 15 is 0 Å². The van der Waals surface area contributed by atoms with Crippen LogP contribution in [-0.2, 0) is 4.74 Å². The van der Waals surface area contributed by atoms with Crippen molar-refractivity contribution in [3.05, 3.63) is 23.3 Å². The molecule has 6 heteroatoms. The number of hydrogen-bond acceptors (Lipinski definition) is 5. The summed E-state index contributed by atoms with van der Waals surface area (Å²) >= 11 is 0. The van der Waals surface area contributed by atoms with Crippen LogP contribution in [0.25, 0.3) is 11.1 Å². The van der Waals surface area contributed by atoms with Gasteiger partial charge in [0.15, 0.2) is 5.58 Å². The van der Waals surface area contributed by atoms with Crippen LogP contribution < -0.4 is 4.90 Å². The SMILES string of the molecule is CC[C@H]1COCCN1c1nc2c(C(=O)O)c(C)ccc2o1. The lowest BCUT2D eigenvalue weighted by molar-refractivity contribution is 0.0698. The number of carboxylic acid groups (broad SMARTS) is 1. The normalized spacial score (nSPS) is 19.1. The number of aromatic nitrogens is 1. The first-order valence-electron chi connectivity index (χ1n) is 7.09. The molecule has 112 valence electrons. The van der Waals surface area contributed by atoms with Crippen molar-refractivity contribution in [2.45, 2.75) is 26.3 Å². The lowest BCUT2D eigenvalue weighted by Gasteiger charge is -2.33. The van der Waals surface area contributed by atoms with E-state index in [9.17, 15) is 9.90 Å². The molecule has 0 radical (unpaired) electrons. The van der Waals surface area contributed by atoms with Gasteiger partial charge in [-0.05, 0) is 25.0 Å². The maximum atomic E-state index is 11.4. The molecule has 0 aliphatic carbocycles. The van der Waals surface area contributed by atoms with Crippen molar-refractivity contribution in [3.63, 3.8) is 0 Å². The van der Waals surface area contributed by atoms with Crippen LogP contribution in [0.15, 0.2) is 16.5 Å². The van der Waals surface area contributed by atoms with E-state index in [1.165, 1.54) is 0 Å². The highest BCUT2D eigenvalue weighted by Gasteiger charge is 2.27. The molecule has 1 N–H and O–H groups in total. The molecule has 6 nitrogen and oxygen atoms in total.